The number of hydrogen-bond donors (Lipinski definition) is 1. The Morgan fingerprint density at radius 3 is 2.75 bits per heavy atom. The van der Waals surface area contributed by atoms with Crippen molar-refractivity contribution < 1.29 is 4.74 Å². The highest BCUT2D eigenvalue weighted by molar-refractivity contribution is 7.98. The van der Waals surface area contributed by atoms with Gasteiger partial charge in [0.25, 0.3) is 0 Å². The monoisotopic (exact) mass is 236 g/mol. The van der Waals surface area contributed by atoms with Gasteiger partial charge in [0, 0.05) is 4.90 Å². The van der Waals surface area contributed by atoms with E-state index < -0.39 is 0 Å². The van der Waals surface area contributed by atoms with Gasteiger partial charge in [0.2, 0.25) is 5.90 Å². The van der Waals surface area contributed by atoms with Crippen LogP contribution < -0.4 is 5.73 Å². The Bertz CT molecular complexity index is 441. The van der Waals surface area contributed by atoms with Gasteiger partial charge in [-0.15, -0.1) is 11.8 Å². The van der Waals surface area contributed by atoms with Crippen LogP contribution in [-0.4, -0.2) is 24.3 Å². The SMILES string of the molecule is CSc1cccc(C2=NC(C)(C)CO2)c1N. The second-order valence-corrected chi connectivity index (χ2v) is 5.29. The standard InChI is InChI=1S/C12H16N2OS/c1-12(2)7-15-11(14-12)8-5-4-6-9(16-3)10(8)13/h4-6H,7,13H2,1-3H3. The second kappa shape index (κ2) is 4.01. The number of rotatable bonds is 2. The third-order valence-electron chi connectivity index (χ3n) is 2.48. The summed E-state index contributed by atoms with van der Waals surface area (Å²) in [6.45, 7) is 4.72. The Kier molecular flexibility index (Phi) is 2.84. The molecule has 0 saturated carbocycles. The lowest BCUT2D eigenvalue weighted by molar-refractivity contribution is 0.279. The Morgan fingerprint density at radius 2 is 2.19 bits per heavy atom. The van der Waals surface area contributed by atoms with Gasteiger partial charge in [-0.05, 0) is 32.2 Å². The number of nitrogen functional groups attached to an aromatic ring is 1. The number of hydrogen-bond acceptors (Lipinski definition) is 4. The number of aliphatic imine (C=N–C) groups is 1. The van der Waals surface area contributed by atoms with Crippen molar-refractivity contribution in [1.82, 2.24) is 0 Å². The van der Waals surface area contributed by atoms with Crippen LogP contribution in [0, 0.1) is 0 Å². The zero-order chi connectivity index (χ0) is 11.8. The molecule has 2 N–H and O–H groups in total. The fraction of sp³-hybridized carbons (Fsp3) is 0.417. The second-order valence-electron chi connectivity index (χ2n) is 4.44. The maximum absolute atomic E-state index is 6.08. The largest absolute Gasteiger partial charge is 0.475 e. The van der Waals surface area contributed by atoms with Gasteiger partial charge in [-0.25, -0.2) is 4.99 Å². The number of anilines is 1. The van der Waals surface area contributed by atoms with Crippen LogP contribution in [0.2, 0.25) is 0 Å². The normalized spacial score (nSPS) is 18.1. The average molecular weight is 236 g/mol. The molecule has 1 aliphatic rings. The van der Waals surface area contributed by atoms with E-state index >= 15 is 0 Å². The predicted octanol–water partition coefficient (Wildman–Crippen LogP) is 2.55. The minimum atomic E-state index is -0.142. The molecule has 0 fully saturated rings. The van der Waals surface area contributed by atoms with Gasteiger partial charge in [0.15, 0.2) is 0 Å². The van der Waals surface area contributed by atoms with Crippen molar-refractivity contribution in [3.05, 3.63) is 23.8 Å². The first-order valence-corrected chi connectivity index (χ1v) is 6.41. The lowest BCUT2D eigenvalue weighted by Gasteiger charge is -2.08. The van der Waals surface area contributed by atoms with E-state index in [9.17, 15) is 0 Å². The van der Waals surface area contributed by atoms with Crippen molar-refractivity contribution in [2.45, 2.75) is 24.3 Å². The van der Waals surface area contributed by atoms with Gasteiger partial charge in [-0.2, -0.15) is 0 Å². The molecule has 1 aromatic carbocycles. The number of para-hydroxylation sites is 1. The summed E-state index contributed by atoms with van der Waals surface area (Å²) in [4.78, 5) is 5.60. The highest BCUT2D eigenvalue weighted by Gasteiger charge is 2.28. The third-order valence-corrected chi connectivity index (χ3v) is 3.28. The van der Waals surface area contributed by atoms with Gasteiger partial charge in [-0.3, -0.25) is 0 Å². The quantitative estimate of drug-likeness (QED) is 0.634. The van der Waals surface area contributed by atoms with Gasteiger partial charge >= 0.3 is 0 Å². The number of ether oxygens (including phenoxy) is 1. The summed E-state index contributed by atoms with van der Waals surface area (Å²) in [5.74, 6) is 0.665. The zero-order valence-corrected chi connectivity index (χ0v) is 10.6. The first kappa shape index (κ1) is 11.3. The maximum atomic E-state index is 6.08. The fourth-order valence-corrected chi connectivity index (χ4v) is 2.18. The summed E-state index contributed by atoms with van der Waals surface area (Å²) in [7, 11) is 0. The summed E-state index contributed by atoms with van der Waals surface area (Å²) < 4.78 is 5.60. The lowest BCUT2D eigenvalue weighted by Crippen LogP contribution is -2.17. The maximum Gasteiger partial charge on any atom is 0.218 e. The summed E-state index contributed by atoms with van der Waals surface area (Å²) in [6, 6.07) is 5.94. The smallest absolute Gasteiger partial charge is 0.218 e. The van der Waals surface area contributed by atoms with Gasteiger partial charge in [0.05, 0.1) is 16.8 Å². The highest BCUT2D eigenvalue weighted by atomic mass is 32.2. The van der Waals surface area contributed by atoms with E-state index in [0.29, 0.717) is 12.5 Å². The van der Waals surface area contributed by atoms with E-state index in [1.165, 1.54) is 0 Å². The Balaban J connectivity index is 2.42. The molecule has 0 atom stereocenters. The molecule has 2 rings (SSSR count). The number of thioether (sulfide) groups is 1. The van der Waals surface area contributed by atoms with Crippen molar-refractivity contribution in [2.24, 2.45) is 4.99 Å². The van der Waals surface area contributed by atoms with Crippen LogP contribution in [0.5, 0.6) is 0 Å². The molecule has 0 aliphatic carbocycles. The van der Waals surface area contributed by atoms with Crippen molar-refractivity contribution in [3.8, 4) is 0 Å². The molecule has 0 radical (unpaired) electrons. The molecule has 0 saturated heterocycles. The Labute approximate surface area is 100 Å². The molecule has 0 amide bonds. The minimum absolute atomic E-state index is 0.142. The molecule has 3 nitrogen and oxygen atoms in total. The van der Waals surface area contributed by atoms with Crippen LogP contribution in [0.25, 0.3) is 0 Å². The fourth-order valence-electron chi connectivity index (χ4n) is 1.63. The van der Waals surface area contributed by atoms with Crippen LogP contribution >= 0.6 is 11.8 Å². The average Bonchev–Trinajstić information content (AvgIpc) is 2.59. The third kappa shape index (κ3) is 2.02. The molecule has 86 valence electrons. The van der Waals surface area contributed by atoms with Crippen molar-refractivity contribution >= 4 is 23.3 Å². The van der Waals surface area contributed by atoms with E-state index in [2.05, 4.69) is 18.8 Å². The molecular weight excluding hydrogens is 220 g/mol. The molecule has 1 aliphatic heterocycles. The molecule has 1 aromatic rings. The number of nitrogens with zero attached hydrogens (tertiary/aromatic N) is 1. The van der Waals surface area contributed by atoms with Gasteiger partial charge in [-0.1, -0.05) is 6.07 Å². The summed E-state index contributed by atoms with van der Waals surface area (Å²) in [5.41, 5.74) is 7.60. The first-order chi connectivity index (χ1) is 7.53. The summed E-state index contributed by atoms with van der Waals surface area (Å²) in [5, 5.41) is 0. The van der Waals surface area contributed by atoms with E-state index in [0.717, 1.165) is 16.1 Å². The molecular formula is C12H16N2OS. The van der Waals surface area contributed by atoms with E-state index in [1.807, 2.05) is 24.5 Å². The van der Waals surface area contributed by atoms with Gasteiger partial charge < -0.3 is 10.5 Å². The van der Waals surface area contributed by atoms with E-state index in [1.54, 1.807) is 11.8 Å². The van der Waals surface area contributed by atoms with E-state index in [-0.39, 0.29) is 5.54 Å². The molecule has 1 heterocycles. The minimum Gasteiger partial charge on any atom is -0.475 e. The highest BCUT2D eigenvalue weighted by Crippen LogP contribution is 2.29. The van der Waals surface area contributed by atoms with Crippen LogP contribution in [0.1, 0.15) is 19.4 Å². The van der Waals surface area contributed by atoms with Crippen LogP contribution in [0.4, 0.5) is 5.69 Å². The number of benzene rings is 1. The molecule has 16 heavy (non-hydrogen) atoms. The Morgan fingerprint density at radius 1 is 1.44 bits per heavy atom. The predicted molar refractivity (Wildman–Crippen MR) is 69.2 cm³/mol. The van der Waals surface area contributed by atoms with Gasteiger partial charge in [0.1, 0.15) is 6.61 Å². The van der Waals surface area contributed by atoms with Crippen LogP contribution in [0.3, 0.4) is 0 Å². The zero-order valence-electron chi connectivity index (χ0n) is 9.78. The topological polar surface area (TPSA) is 47.6 Å². The molecule has 0 aromatic heterocycles. The van der Waals surface area contributed by atoms with Crippen molar-refractivity contribution in [2.75, 3.05) is 18.6 Å². The summed E-state index contributed by atoms with van der Waals surface area (Å²) >= 11 is 1.63. The molecule has 0 spiro atoms. The van der Waals surface area contributed by atoms with Crippen molar-refractivity contribution in [1.29, 1.82) is 0 Å². The molecule has 4 heteroatoms. The van der Waals surface area contributed by atoms with E-state index in [4.69, 9.17) is 10.5 Å². The Hall–Kier alpha value is -1.16. The number of nitrogens with two attached hydrogens (primary N) is 1. The summed E-state index contributed by atoms with van der Waals surface area (Å²) in [6.07, 6.45) is 2.01. The first-order valence-electron chi connectivity index (χ1n) is 5.19. The molecule has 0 unspecified atom stereocenters. The lowest BCUT2D eigenvalue weighted by atomic mass is 10.1. The molecule has 0 bridgehead atoms. The van der Waals surface area contributed by atoms with Crippen LogP contribution in [-0.2, 0) is 4.74 Å². The van der Waals surface area contributed by atoms with Crippen molar-refractivity contribution in [3.63, 3.8) is 0 Å². The van der Waals surface area contributed by atoms with Crippen LogP contribution in [0.15, 0.2) is 28.1 Å².